The number of rotatable bonds is 6. The zero-order valence-electron chi connectivity index (χ0n) is 15.1. The van der Waals surface area contributed by atoms with Gasteiger partial charge in [0.1, 0.15) is 15.8 Å². The average Bonchev–Trinajstić information content (AvgIpc) is 3.17. The maximum absolute atomic E-state index is 12.4. The van der Waals surface area contributed by atoms with Gasteiger partial charge in [0.2, 0.25) is 0 Å². The molecule has 3 rings (SSSR count). The van der Waals surface area contributed by atoms with Crippen molar-refractivity contribution in [2.45, 2.75) is 18.8 Å². The molecular weight excluding hydrogens is 421 g/mol. The molecule has 0 bridgehead atoms. The van der Waals surface area contributed by atoms with E-state index >= 15 is 0 Å². The van der Waals surface area contributed by atoms with E-state index in [1.165, 1.54) is 18.2 Å². The first-order valence-electron chi connectivity index (χ1n) is 8.41. The first-order chi connectivity index (χ1) is 14.2. The number of nitrogens with one attached hydrogen (secondary N) is 1. The highest BCUT2D eigenvalue weighted by Crippen LogP contribution is 2.32. The summed E-state index contributed by atoms with van der Waals surface area (Å²) in [5.41, 5.74) is 1.60. The summed E-state index contributed by atoms with van der Waals surface area (Å²) in [6, 6.07) is 13.2. The fourth-order valence-electron chi connectivity index (χ4n) is 2.62. The van der Waals surface area contributed by atoms with Crippen molar-refractivity contribution in [3.8, 4) is 22.4 Å². The van der Waals surface area contributed by atoms with Crippen LogP contribution in [0.15, 0.2) is 48.5 Å². The summed E-state index contributed by atoms with van der Waals surface area (Å²) in [7, 11) is 0. The molecule has 1 aromatic heterocycles. The molecule has 2 N–H and O–H groups in total. The molecule has 1 amide bonds. The molecule has 0 spiro atoms. The normalized spacial score (nSPS) is 12.1. The van der Waals surface area contributed by atoms with Crippen LogP contribution in [0.2, 0.25) is 0 Å². The quantitative estimate of drug-likeness (QED) is 0.590. The molecule has 7 nitrogen and oxygen atoms in total. The van der Waals surface area contributed by atoms with Crippen LogP contribution in [0.1, 0.15) is 22.2 Å². The SMILES string of the molecule is N#Cc1ccc(C[C@H](NC(=O)O)c2nnc(-c3cccc(OC(F)(F)F)c3)s2)cc1. The van der Waals surface area contributed by atoms with Crippen molar-refractivity contribution in [2.75, 3.05) is 0 Å². The third-order valence-electron chi connectivity index (χ3n) is 3.87. The highest BCUT2D eigenvalue weighted by Gasteiger charge is 2.31. The van der Waals surface area contributed by atoms with Gasteiger partial charge >= 0.3 is 12.5 Å². The van der Waals surface area contributed by atoms with E-state index in [2.05, 4.69) is 20.3 Å². The number of hydrogen-bond acceptors (Lipinski definition) is 6. The van der Waals surface area contributed by atoms with Crippen LogP contribution < -0.4 is 10.1 Å². The van der Waals surface area contributed by atoms with E-state index in [-0.39, 0.29) is 6.42 Å². The summed E-state index contributed by atoms with van der Waals surface area (Å²) >= 11 is 1.05. The van der Waals surface area contributed by atoms with E-state index in [1.807, 2.05) is 6.07 Å². The van der Waals surface area contributed by atoms with Gasteiger partial charge < -0.3 is 15.2 Å². The number of halogens is 3. The van der Waals surface area contributed by atoms with Gasteiger partial charge in [0, 0.05) is 5.56 Å². The fourth-order valence-corrected chi connectivity index (χ4v) is 3.51. The van der Waals surface area contributed by atoms with Crippen molar-refractivity contribution in [1.29, 1.82) is 5.26 Å². The first kappa shape index (κ1) is 21.1. The Morgan fingerprint density at radius 3 is 2.60 bits per heavy atom. The van der Waals surface area contributed by atoms with Crippen LogP contribution in [0, 0.1) is 11.3 Å². The second-order valence-electron chi connectivity index (χ2n) is 6.04. The Bertz CT molecular complexity index is 1080. The third kappa shape index (κ3) is 5.68. The van der Waals surface area contributed by atoms with Crippen LogP contribution in [0.25, 0.3) is 10.6 Å². The predicted octanol–water partition coefficient (Wildman–Crippen LogP) is 4.53. The molecule has 0 saturated carbocycles. The average molecular weight is 434 g/mol. The standard InChI is InChI=1S/C19H13F3N4O3S/c20-19(21,22)29-14-3-1-2-13(9-14)16-25-26-17(30-16)15(24-18(27)28)8-11-4-6-12(10-23)7-5-11/h1-7,9,15,24H,8H2,(H,27,28)/t15-/m0/s1. The largest absolute Gasteiger partial charge is 0.573 e. The lowest BCUT2D eigenvalue weighted by Crippen LogP contribution is -2.28. The zero-order valence-corrected chi connectivity index (χ0v) is 15.9. The number of alkyl halides is 3. The van der Waals surface area contributed by atoms with Gasteiger partial charge in [-0.05, 0) is 36.2 Å². The Balaban J connectivity index is 1.84. The van der Waals surface area contributed by atoms with E-state index in [0.717, 1.165) is 16.9 Å². The lowest BCUT2D eigenvalue weighted by molar-refractivity contribution is -0.274. The van der Waals surface area contributed by atoms with Crippen LogP contribution in [-0.2, 0) is 6.42 Å². The topological polar surface area (TPSA) is 108 Å². The van der Waals surface area contributed by atoms with Crippen LogP contribution in [0.5, 0.6) is 5.75 Å². The van der Waals surface area contributed by atoms with E-state index in [1.54, 1.807) is 30.3 Å². The Kier molecular flexibility index (Phi) is 6.17. The Labute approximate surface area is 172 Å². The van der Waals surface area contributed by atoms with E-state index < -0.39 is 24.2 Å². The van der Waals surface area contributed by atoms with Crippen LogP contribution in [0.4, 0.5) is 18.0 Å². The van der Waals surface area contributed by atoms with Gasteiger partial charge in [-0.15, -0.1) is 23.4 Å². The summed E-state index contributed by atoms with van der Waals surface area (Å²) < 4.78 is 41.2. The lowest BCUT2D eigenvalue weighted by atomic mass is 10.0. The number of aromatic nitrogens is 2. The van der Waals surface area contributed by atoms with Gasteiger partial charge in [-0.1, -0.05) is 35.6 Å². The summed E-state index contributed by atoms with van der Waals surface area (Å²) in [4.78, 5) is 11.2. The number of nitrogens with zero attached hydrogens (tertiary/aromatic N) is 3. The van der Waals surface area contributed by atoms with Crippen molar-refractivity contribution >= 4 is 17.4 Å². The molecule has 0 unspecified atom stereocenters. The molecular formula is C19H13F3N4O3S. The lowest BCUT2D eigenvalue weighted by Gasteiger charge is -2.14. The Morgan fingerprint density at radius 2 is 1.97 bits per heavy atom. The molecule has 2 aromatic carbocycles. The van der Waals surface area contributed by atoms with E-state index in [0.29, 0.717) is 21.1 Å². The van der Waals surface area contributed by atoms with Gasteiger partial charge in [-0.25, -0.2) is 4.79 Å². The molecule has 1 heterocycles. The molecule has 0 saturated heterocycles. The number of benzene rings is 2. The number of carboxylic acid groups (broad SMARTS) is 1. The van der Waals surface area contributed by atoms with E-state index in [4.69, 9.17) is 10.4 Å². The molecule has 154 valence electrons. The molecule has 0 radical (unpaired) electrons. The highest BCUT2D eigenvalue weighted by molar-refractivity contribution is 7.14. The van der Waals surface area contributed by atoms with Crippen LogP contribution in [-0.4, -0.2) is 27.8 Å². The number of carbonyl (C=O) groups is 1. The van der Waals surface area contributed by atoms with Crippen LogP contribution in [0.3, 0.4) is 0 Å². The van der Waals surface area contributed by atoms with Crippen molar-refractivity contribution in [2.24, 2.45) is 0 Å². The second kappa shape index (κ2) is 8.79. The molecule has 0 aliphatic rings. The van der Waals surface area contributed by atoms with Gasteiger partial charge in [0.05, 0.1) is 17.7 Å². The van der Waals surface area contributed by atoms with Crippen LogP contribution >= 0.6 is 11.3 Å². The molecule has 30 heavy (non-hydrogen) atoms. The predicted molar refractivity (Wildman–Crippen MR) is 101 cm³/mol. The molecule has 11 heteroatoms. The molecule has 1 atom stereocenters. The maximum Gasteiger partial charge on any atom is 0.573 e. The second-order valence-corrected chi connectivity index (χ2v) is 7.05. The Hall–Kier alpha value is -3.65. The number of nitriles is 1. The summed E-state index contributed by atoms with van der Waals surface area (Å²) in [5.74, 6) is -0.394. The minimum absolute atomic E-state index is 0.254. The van der Waals surface area contributed by atoms with Crippen molar-refractivity contribution in [3.05, 3.63) is 64.7 Å². The third-order valence-corrected chi connectivity index (χ3v) is 4.96. The number of amides is 1. The summed E-state index contributed by atoms with van der Waals surface area (Å²) in [6.07, 6.45) is -5.82. The zero-order chi connectivity index (χ0) is 21.7. The fraction of sp³-hybridized carbons (Fsp3) is 0.158. The summed E-state index contributed by atoms with van der Waals surface area (Å²) in [5, 5.41) is 29.0. The summed E-state index contributed by atoms with van der Waals surface area (Å²) in [6.45, 7) is 0. The molecule has 0 fully saturated rings. The highest BCUT2D eigenvalue weighted by atomic mass is 32.1. The van der Waals surface area contributed by atoms with Gasteiger partial charge in [0.25, 0.3) is 0 Å². The van der Waals surface area contributed by atoms with Gasteiger partial charge in [0.15, 0.2) is 0 Å². The molecule has 3 aromatic rings. The van der Waals surface area contributed by atoms with Crippen molar-refractivity contribution in [1.82, 2.24) is 15.5 Å². The minimum Gasteiger partial charge on any atom is -0.465 e. The first-order valence-corrected chi connectivity index (χ1v) is 9.23. The van der Waals surface area contributed by atoms with E-state index in [9.17, 15) is 18.0 Å². The molecule has 0 aliphatic heterocycles. The smallest absolute Gasteiger partial charge is 0.465 e. The van der Waals surface area contributed by atoms with Crippen molar-refractivity contribution in [3.63, 3.8) is 0 Å². The monoisotopic (exact) mass is 434 g/mol. The Morgan fingerprint density at radius 1 is 1.23 bits per heavy atom. The van der Waals surface area contributed by atoms with Gasteiger partial charge in [-0.3, -0.25) is 0 Å². The molecule has 0 aliphatic carbocycles. The minimum atomic E-state index is -4.82. The maximum atomic E-state index is 12.4. The number of ether oxygens (including phenoxy) is 1. The van der Waals surface area contributed by atoms with Crippen molar-refractivity contribution < 1.29 is 27.8 Å². The van der Waals surface area contributed by atoms with Gasteiger partial charge in [-0.2, -0.15) is 5.26 Å². The number of hydrogen-bond donors (Lipinski definition) is 2.